The zero-order valence-corrected chi connectivity index (χ0v) is 14.2. The van der Waals surface area contributed by atoms with Crippen molar-refractivity contribution in [3.8, 4) is 0 Å². The largest absolute Gasteiger partial charge is 0.394 e. The standard InChI is InChI=1S/C14H19N5O5.N2/c1-6(2)10(22)14(3-7(21)8(4-20)24-14)19-5-16-9-11(19)17-13(15)18-12(9)23;1-2/h5-8,20-21H,3-4H2,1-2H3,(H3,15,17,18,23);/t7-,8+,14-;/m0./s1. The van der Waals surface area contributed by atoms with Crippen molar-refractivity contribution in [2.24, 2.45) is 5.92 Å². The Morgan fingerprint density at radius 3 is 2.77 bits per heavy atom. The molecule has 0 unspecified atom stereocenters. The number of imidazole rings is 1. The summed E-state index contributed by atoms with van der Waals surface area (Å²) in [4.78, 5) is 35.2. The van der Waals surface area contributed by atoms with Crippen LogP contribution in [0.4, 0.5) is 5.95 Å². The van der Waals surface area contributed by atoms with Crippen LogP contribution >= 0.6 is 0 Å². The molecule has 12 nitrogen and oxygen atoms in total. The minimum atomic E-state index is -1.61. The first-order valence-electron chi connectivity index (χ1n) is 7.74. The zero-order chi connectivity index (χ0) is 19.6. The average molecular weight is 365 g/mol. The molecule has 0 amide bonds. The van der Waals surface area contributed by atoms with Crippen LogP contribution in [0.2, 0.25) is 0 Å². The predicted octanol–water partition coefficient (Wildman–Crippen LogP) is -1.25. The molecule has 5 N–H and O–H groups in total. The van der Waals surface area contributed by atoms with Gasteiger partial charge in [0.05, 0.1) is 12.7 Å². The van der Waals surface area contributed by atoms with Crippen molar-refractivity contribution in [2.75, 3.05) is 12.3 Å². The highest BCUT2D eigenvalue weighted by Crippen LogP contribution is 2.39. The number of carbonyl (C=O) groups excluding carboxylic acids is 1. The molecule has 0 saturated carbocycles. The van der Waals surface area contributed by atoms with Crippen LogP contribution in [-0.2, 0) is 15.3 Å². The van der Waals surface area contributed by atoms with Crippen LogP contribution < -0.4 is 11.3 Å². The number of rotatable bonds is 4. The lowest BCUT2D eigenvalue weighted by atomic mass is 9.94. The van der Waals surface area contributed by atoms with E-state index >= 15 is 0 Å². The number of anilines is 1. The van der Waals surface area contributed by atoms with E-state index in [0.717, 1.165) is 0 Å². The number of nitrogens with zero attached hydrogens (tertiary/aromatic N) is 5. The SMILES string of the molecule is CC(C)C(=O)[C@]1(n2cnc3c(=O)[nH]c(N)nc32)C[C@H](O)[C@@H](CO)O1.N#N. The van der Waals surface area contributed by atoms with Crippen LogP contribution in [0.5, 0.6) is 0 Å². The molecule has 12 heteroatoms. The number of hydrogen-bond donors (Lipinski definition) is 4. The van der Waals surface area contributed by atoms with E-state index in [9.17, 15) is 19.8 Å². The fourth-order valence-corrected chi connectivity index (χ4v) is 3.03. The Kier molecular flexibility index (Phi) is 5.36. The number of aliphatic hydroxyl groups excluding tert-OH is 2. The minimum absolute atomic E-state index is 0.00525. The third-order valence-electron chi connectivity index (χ3n) is 4.17. The van der Waals surface area contributed by atoms with Gasteiger partial charge in [0.1, 0.15) is 12.4 Å². The number of nitrogens with one attached hydrogen (secondary N) is 1. The molecule has 0 aliphatic carbocycles. The molecule has 2 aromatic heterocycles. The number of fused-ring (bicyclic) bond motifs is 1. The maximum Gasteiger partial charge on any atom is 0.280 e. The number of ether oxygens (including phenoxy) is 1. The lowest BCUT2D eigenvalue weighted by Crippen LogP contribution is -2.44. The number of Topliss-reactive ketones (excluding diaryl/α,β-unsaturated/α-hetero) is 1. The maximum atomic E-state index is 12.9. The summed E-state index contributed by atoms with van der Waals surface area (Å²) in [5.74, 6) is -0.873. The first-order chi connectivity index (χ1) is 12.3. The number of aromatic amines is 1. The van der Waals surface area contributed by atoms with Gasteiger partial charge < -0.3 is 20.7 Å². The first-order valence-corrected chi connectivity index (χ1v) is 7.74. The fourth-order valence-electron chi connectivity index (χ4n) is 3.03. The lowest BCUT2D eigenvalue weighted by Gasteiger charge is -2.30. The van der Waals surface area contributed by atoms with Gasteiger partial charge in [0.25, 0.3) is 5.56 Å². The highest BCUT2D eigenvalue weighted by atomic mass is 16.6. The summed E-state index contributed by atoms with van der Waals surface area (Å²) in [6.07, 6.45) is -0.798. The van der Waals surface area contributed by atoms with Gasteiger partial charge in [-0.15, -0.1) is 0 Å². The Labute approximate surface area is 147 Å². The zero-order valence-electron chi connectivity index (χ0n) is 14.2. The summed E-state index contributed by atoms with van der Waals surface area (Å²) in [5.41, 5.74) is 3.52. The smallest absolute Gasteiger partial charge is 0.280 e. The summed E-state index contributed by atoms with van der Waals surface area (Å²) >= 11 is 0. The van der Waals surface area contributed by atoms with Crippen LogP contribution in [0.15, 0.2) is 11.1 Å². The second-order valence-corrected chi connectivity index (χ2v) is 6.15. The number of H-pyrrole nitrogens is 1. The van der Waals surface area contributed by atoms with Crippen LogP contribution in [-0.4, -0.2) is 54.3 Å². The average Bonchev–Trinajstić information content (AvgIpc) is 3.17. The predicted molar refractivity (Wildman–Crippen MR) is 86.4 cm³/mol. The molecule has 140 valence electrons. The van der Waals surface area contributed by atoms with E-state index < -0.39 is 36.0 Å². The van der Waals surface area contributed by atoms with Crippen LogP contribution in [0, 0.1) is 16.7 Å². The highest BCUT2D eigenvalue weighted by molar-refractivity contribution is 5.89. The van der Waals surface area contributed by atoms with Gasteiger partial charge in [0.15, 0.2) is 16.9 Å². The maximum absolute atomic E-state index is 12.9. The Hall–Kier alpha value is -2.88. The molecule has 0 aromatic carbocycles. The van der Waals surface area contributed by atoms with Gasteiger partial charge in [-0.25, -0.2) is 4.98 Å². The van der Waals surface area contributed by atoms with Gasteiger partial charge >= 0.3 is 0 Å². The number of carbonyl (C=O) groups is 1. The topological polar surface area (TPSA) is 204 Å². The van der Waals surface area contributed by atoms with Gasteiger partial charge in [-0.05, 0) is 0 Å². The molecule has 0 radical (unpaired) electrons. The van der Waals surface area contributed by atoms with Crippen molar-refractivity contribution >= 4 is 22.9 Å². The Morgan fingerprint density at radius 1 is 1.58 bits per heavy atom. The number of hydrogen-bond acceptors (Lipinski definition) is 10. The Morgan fingerprint density at radius 2 is 2.23 bits per heavy atom. The van der Waals surface area contributed by atoms with Crippen molar-refractivity contribution in [1.82, 2.24) is 19.5 Å². The molecule has 3 rings (SSSR count). The Bertz CT molecular complexity index is 889. The van der Waals surface area contributed by atoms with Crippen LogP contribution in [0.1, 0.15) is 20.3 Å². The third kappa shape index (κ3) is 2.92. The summed E-state index contributed by atoms with van der Waals surface area (Å²) in [6, 6.07) is 0. The van der Waals surface area contributed by atoms with Crippen LogP contribution in [0.3, 0.4) is 0 Å². The van der Waals surface area contributed by atoms with Crippen molar-refractivity contribution in [3.05, 3.63) is 16.7 Å². The normalized spacial score (nSPS) is 25.2. The summed E-state index contributed by atoms with van der Waals surface area (Å²) in [5, 5.41) is 31.5. The second-order valence-electron chi connectivity index (χ2n) is 6.15. The van der Waals surface area contributed by atoms with E-state index in [1.807, 2.05) is 0 Å². The number of nitrogen functional groups attached to an aromatic ring is 1. The van der Waals surface area contributed by atoms with Crippen LogP contribution in [0.25, 0.3) is 11.2 Å². The van der Waals surface area contributed by atoms with Gasteiger partial charge in [-0.2, -0.15) is 4.98 Å². The van der Waals surface area contributed by atoms with E-state index in [0.29, 0.717) is 0 Å². The molecule has 2 aromatic rings. The molecule has 3 heterocycles. The summed E-state index contributed by atoms with van der Waals surface area (Å²) < 4.78 is 7.06. The third-order valence-corrected chi connectivity index (χ3v) is 4.17. The fraction of sp³-hybridized carbons (Fsp3) is 0.571. The quantitative estimate of drug-likeness (QED) is 0.474. The number of aliphatic hydroxyl groups is 2. The van der Waals surface area contributed by atoms with Crippen molar-refractivity contribution in [2.45, 2.75) is 38.2 Å². The van der Waals surface area contributed by atoms with Gasteiger partial charge in [0, 0.05) is 23.1 Å². The second kappa shape index (κ2) is 7.16. The van der Waals surface area contributed by atoms with E-state index in [-0.39, 0.29) is 29.3 Å². The van der Waals surface area contributed by atoms with Crippen molar-refractivity contribution in [1.29, 1.82) is 10.8 Å². The highest BCUT2D eigenvalue weighted by Gasteiger charge is 2.53. The first kappa shape index (κ1) is 19.4. The minimum Gasteiger partial charge on any atom is -0.394 e. The molecular formula is C14H19N7O5. The van der Waals surface area contributed by atoms with E-state index in [4.69, 9.17) is 21.3 Å². The number of aromatic nitrogens is 4. The Balaban J connectivity index is 0.00000117. The molecule has 0 bridgehead atoms. The van der Waals surface area contributed by atoms with E-state index in [1.54, 1.807) is 13.8 Å². The van der Waals surface area contributed by atoms with Crippen molar-refractivity contribution in [3.63, 3.8) is 0 Å². The molecule has 1 saturated heterocycles. The molecule has 1 aliphatic heterocycles. The molecule has 1 fully saturated rings. The molecule has 1 aliphatic rings. The molecular weight excluding hydrogens is 346 g/mol. The van der Waals surface area contributed by atoms with Crippen molar-refractivity contribution < 1.29 is 19.7 Å². The van der Waals surface area contributed by atoms with Gasteiger partial charge in [0.2, 0.25) is 11.7 Å². The molecule has 3 atom stereocenters. The van der Waals surface area contributed by atoms with Gasteiger partial charge in [-0.3, -0.25) is 19.1 Å². The molecule has 26 heavy (non-hydrogen) atoms. The van der Waals surface area contributed by atoms with E-state index in [2.05, 4.69) is 15.0 Å². The summed E-state index contributed by atoms with van der Waals surface area (Å²) in [7, 11) is 0. The van der Waals surface area contributed by atoms with E-state index in [1.165, 1.54) is 10.9 Å². The lowest BCUT2D eigenvalue weighted by molar-refractivity contribution is -0.163. The summed E-state index contributed by atoms with van der Waals surface area (Å²) in [6.45, 7) is 2.94. The number of nitrogens with two attached hydrogens (primary N) is 1. The number of ketones is 1. The monoisotopic (exact) mass is 365 g/mol. The van der Waals surface area contributed by atoms with Gasteiger partial charge in [-0.1, -0.05) is 13.8 Å². The molecule has 0 spiro atoms.